The number of carbonyl (C=O) groups excluding carboxylic acids is 2. The van der Waals surface area contributed by atoms with Gasteiger partial charge in [-0.15, -0.1) is 11.3 Å². The Morgan fingerprint density at radius 2 is 1.89 bits per heavy atom. The summed E-state index contributed by atoms with van der Waals surface area (Å²) in [5.74, 6) is -0.155. The van der Waals surface area contributed by atoms with E-state index in [1.165, 1.54) is 11.3 Å². The van der Waals surface area contributed by atoms with Gasteiger partial charge in [-0.2, -0.15) is 0 Å². The number of nitrogens with zero attached hydrogens (tertiary/aromatic N) is 3. The van der Waals surface area contributed by atoms with Crippen LogP contribution in [0.5, 0.6) is 0 Å². The lowest BCUT2D eigenvalue weighted by atomic mass is 9.72. The second-order valence-corrected chi connectivity index (χ2v) is 9.39. The number of benzene rings is 1. The van der Waals surface area contributed by atoms with Crippen molar-refractivity contribution in [1.82, 2.24) is 9.80 Å². The summed E-state index contributed by atoms with van der Waals surface area (Å²) in [6.45, 7) is 5.78. The van der Waals surface area contributed by atoms with E-state index in [0.717, 1.165) is 55.3 Å². The third kappa shape index (κ3) is 2.64. The lowest BCUT2D eigenvalue weighted by Gasteiger charge is -2.53. The molecule has 0 aliphatic carbocycles. The predicted molar refractivity (Wildman–Crippen MR) is 112 cm³/mol. The molecule has 2 aromatic rings. The number of fused-ring (bicyclic) bond motifs is 2. The quantitative estimate of drug-likeness (QED) is 0.735. The second kappa shape index (κ2) is 6.32. The summed E-state index contributed by atoms with van der Waals surface area (Å²) in [5.41, 5.74) is 3.10. The van der Waals surface area contributed by atoms with Crippen molar-refractivity contribution in [2.45, 2.75) is 19.8 Å². The molecule has 0 saturated carbocycles. The molecular weight excluding hydrogens is 372 g/mol. The van der Waals surface area contributed by atoms with Gasteiger partial charge in [-0.25, -0.2) is 4.79 Å². The van der Waals surface area contributed by atoms with Gasteiger partial charge in [0, 0.05) is 36.4 Å². The Bertz CT molecular complexity index is 953. The van der Waals surface area contributed by atoms with E-state index < -0.39 is 0 Å². The second-order valence-electron chi connectivity index (χ2n) is 8.30. The lowest BCUT2D eigenvalue weighted by molar-refractivity contribution is -0.0226. The Morgan fingerprint density at radius 1 is 1.18 bits per heavy atom. The number of amides is 3. The molecule has 28 heavy (non-hydrogen) atoms. The summed E-state index contributed by atoms with van der Waals surface area (Å²) in [7, 11) is 2.15. The molecular formula is C21H24N4O2S. The molecule has 4 heterocycles. The van der Waals surface area contributed by atoms with Crippen LogP contribution in [0.4, 0.5) is 21.9 Å². The molecule has 1 N–H and O–H groups in total. The van der Waals surface area contributed by atoms with Gasteiger partial charge in [0.1, 0.15) is 0 Å². The lowest BCUT2D eigenvalue weighted by Crippen LogP contribution is -2.60. The van der Waals surface area contributed by atoms with Crippen LogP contribution in [0.1, 0.15) is 28.1 Å². The van der Waals surface area contributed by atoms with Crippen molar-refractivity contribution in [3.8, 4) is 0 Å². The molecule has 1 aromatic heterocycles. The Morgan fingerprint density at radius 3 is 2.61 bits per heavy atom. The fourth-order valence-electron chi connectivity index (χ4n) is 4.90. The average Bonchev–Trinajstić information content (AvgIpc) is 2.98. The zero-order chi connectivity index (χ0) is 19.5. The number of hydrogen-bond donors (Lipinski definition) is 1. The van der Waals surface area contributed by atoms with E-state index in [9.17, 15) is 9.59 Å². The van der Waals surface area contributed by atoms with Crippen LogP contribution < -0.4 is 10.2 Å². The summed E-state index contributed by atoms with van der Waals surface area (Å²) in [6.07, 6.45) is 2.09. The molecule has 2 fully saturated rings. The molecule has 5 rings (SSSR count). The summed E-state index contributed by atoms with van der Waals surface area (Å²) in [5, 5.41) is 4.81. The van der Waals surface area contributed by atoms with E-state index in [-0.39, 0.29) is 11.9 Å². The van der Waals surface area contributed by atoms with E-state index in [1.54, 1.807) is 4.90 Å². The number of likely N-dealkylation sites (tertiary alicyclic amines) is 2. The number of aryl methyl sites for hydroxylation is 1. The molecule has 3 aliphatic rings. The van der Waals surface area contributed by atoms with Crippen molar-refractivity contribution in [2.75, 3.05) is 43.4 Å². The maximum atomic E-state index is 13.7. The zero-order valence-electron chi connectivity index (χ0n) is 16.2. The van der Waals surface area contributed by atoms with E-state index in [0.29, 0.717) is 16.7 Å². The van der Waals surface area contributed by atoms with Crippen LogP contribution in [-0.2, 0) is 0 Å². The van der Waals surface area contributed by atoms with Crippen molar-refractivity contribution in [3.63, 3.8) is 0 Å². The Balaban J connectivity index is 1.50. The minimum absolute atomic E-state index is 0.0331. The van der Waals surface area contributed by atoms with Gasteiger partial charge in [0.25, 0.3) is 5.91 Å². The van der Waals surface area contributed by atoms with Crippen molar-refractivity contribution >= 4 is 40.3 Å². The average molecular weight is 397 g/mol. The number of anilines is 3. The van der Waals surface area contributed by atoms with Crippen LogP contribution in [0.2, 0.25) is 0 Å². The Kier molecular flexibility index (Phi) is 4.00. The molecule has 2 saturated heterocycles. The fourth-order valence-corrected chi connectivity index (χ4v) is 5.73. The molecule has 0 bridgehead atoms. The number of nitrogens with one attached hydrogen (secondary N) is 1. The van der Waals surface area contributed by atoms with Crippen molar-refractivity contribution in [3.05, 3.63) is 40.1 Å². The minimum Gasteiger partial charge on any atom is -0.324 e. The summed E-state index contributed by atoms with van der Waals surface area (Å²) in [4.78, 5) is 33.4. The van der Waals surface area contributed by atoms with Gasteiger partial charge in [0.05, 0.1) is 22.6 Å². The van der Waals surface area contributed by atoms with Gasteiger partial charge in [-0.3, -0.25) is 9.69 Å². The van der Waals surface area contributed by atoms with Crippen LogP contribution in [-0.4, -0.2) is 55.0 Å². The number of rotatable bonds is 0. The number of carbonyl (C=O) groups is 2. The highest BCUT2D eigenvalue weighted by molar-refractivity contribution is 7.11. The van der Waals surface area contributed by atoms with Gasteiger partial charge in [0.15, 0.2) is 0 Å². The zero-order valence-corrected chi connectivity index (χ0v) is 17.0. The Hall–Kier alpha value is -2.38. The van der Waals surface area contributed by atoms with Gasteiger partial charge >= 0.3 is 6.03 Å². The standard InChI is InChI=1S/C21H24N4O2S/c1-14-18-15(11-28-14)19(26)22-16-5-3-4-6-17(16)25(18)20(27)24-9-7-21(8-10-24)12-23(2)13-21/h3-6,11H,7-10,12-13H2,1-2H3,(H,22,26). The number of hydrogen-bond acceptors (Lipinski definition) is 4. The monoisotopic (exact) mass is 396 g/mol. The predicted octanol–water partition coefficient (Wildman–Crippen LogP) is 3.91. The molecule has 0 radical (unpaired) electrons. The first-order valence-corrected chi connectivity index (χ1v) is 10.6. The molecule has 146 valence electrons. The fraction of sp³-hybridized carbons (Fsp3) is 0.429. The van der Waals surface area contributed by atoms with E-state index >= 15 is 0 Å². The maximum absolute atomic E-state index is 13.7. The molecule has 3 amide bonds. The van der Waals surface area contributed by atoms with E-state index in [4.69, 9.17) is 0 Å². The van der Waals surface area contributed by atoms with Crippen molar-refractivity contribution < 1.29 is 9.59 Å². The molecule has 1 aromatic carbocycles. The SMILES string of the molecule is Cc1scc2c1N(C(=O)N1CCC3(CC1)CN(C)C3)c1ccccc1NC2=O. The number of thiophene rings is 1. The number of piperidine rings is 1. The van der Waals surface area contributed by atoms with Gasteiger partial charge in [0.2, 0.25) is 0 Å². The van der Waals surface area contributed by atoms with Crippen molar-refractivity contribution in [2.24, 2.45) is 5.41 Å². The van der Waals surface area contributed by atoms with Crippen LogP contribution in [0, 0.1) is 12.3 Å². The van der Waals surface area contributed by atoms with Gasteiger partial charge in [-0.1, -0.05) is 12.1 Å². The highest BCUT2D eigenvalue weighted by Crippen LogP contribution is 2.44. The largest absolute Gasteiger partial charge is 0.329 e. The van der Waals surface area contributed by atoms with E-state index in [2.05, 4.69) is 17.3 Å². The topological polar surface area (TPSA) is 55.9 Å². The summed E-state index contributed by atoms with van der Waals surface area (Å²) in [6, 6.07) is 7.52. The molecule has 0 unspecified atom stereocenters. The normalized spacial score (nSPS) is 20.9. The first kappa shape index (κ1) is 17.7. The third-order valence-electron chi connectivity index (χ3n) is 6.30. The van der Waals surface area contributed by atoms with Gasteiger partial charge in [-0.05, 0) is 44.4 Å². The first-order valence-electron chi connectivity index (χ1n) is 9.73. The third-order valence-corrected chi connectivity index (χ3v) is 7.20. The molecule has 0 atom stereocenters. The molecule has 7 heteroatoms. The number of para-hydroxylation sites is 2. The van der Waals surface area contributed by atoms with Crippen LogP contribution in [0.15, 0.2) is 29.6 Å². The van der Waals surface area contributed by atoms with Crippen LogP contribution in [0.3, 0.4) is 0 Å². The molecule has 3 aliphatic heterocycles. The number of urea groups is 1. The summed E-state index contributed by atoms with van der Waals surface area (Å²) >= 11 is 1.51. The molecule has 6 nitrogen and oxygen atoms in total. The Labute approximate surface area is 168 Å². The smallest absolute Gasteiger partial charge is 0.324 e. The summed E-state index contributed by atoms with van der Waals surface area (Å²) < 4.78 is 0. The highest BCUT2D eigenvalue weighted by Gasteiger charge is 2.45. The maximum Gasteiger partial charge on any atom is 0.329 e. The molecule has 1 spiro atoms. The highest BCUT2D eigenvalue weighted by atomic mass is 32.1. The van der Waals surface area contributed by atoms with Crippen LogP contribution >= 0.6 is 11.3 Å². The first-order chi connectivity index (χ1) is 13.5. The van der Waals surface area contributed by atoms with E-state index in [1.807, 2.05) is 41.5 Å². The van der Waals surface area contributed by atoms with Crippen LogP contribution in [0.25, 0.3) is 0 Å². The minimum atomic E-state index is -0.155. The van der Waals surface area contributed by atoms with Crippen molar-refractivity contribution in [1.29, 1.82) is 0 Å². The van der Waals surface area contributed by atoms with Gasteiger partial charge < -0.3 is 15.1 Å².